The molecule has 1 aromatic carbocycles. The maximum absolute atomic E-state index is 8.92. The highest BCUT2D eigenvalue weighted by atomic mass is 127. The summed E-state index contributed by atoms with van der Waals surface area (Å²) in [6.45, 7) is 0.801. The molecule has 0 spiro atoms. The van der Waals surface area contributed by atoms with E-state index in [1.54, 1.807) is 0 Å². The molecule has 0 amide bonds. The topological polar surface area (TPSA) is 29.5 Å². The average Bonchev–Trinajstić information content (AvgIpc) is 2.20. The Morgan fingerprint density at radius 3 is 2.79 bits per heavy atom. The molecular formula is C10H12IO2Si. The molecule has 14 heavy (non-hydrogen) atoms. The van der Waals surface area contributed by atoms with Gasteiger partial charge in [-0.25, -0.2) is 0 Å². The largest absolute Gasteiger partial charge is 0.492 e. The van der Waals surface area contributed by atoms with Gasteiger partial charge in [-0.2, -0.15) is 0 Å². The molecule has 0 atom stereocenters. The van der Waals surface area contributed by atoms with Crippen LogP contribution in [0.2, 0.25) is 6.04 Å². The van der Waals surface area contributed by atoms with Crippen molar-refractivity contribution in [3.63, 3.8) is 0 Å². The minimum atomic E-state index is 0.0808. The summed E-state index contributed by atoms with van der Waals surface area (Å²) >= 11 is 2.21. The van der Waals surface area contributed by atoms with Gasteiger partial charge in [-0.3, -0.25) is 0 Å². The van der Waals surface area contributed by atoms with E-state index in [1.807, 2.05) is 18.2 Å². The van der Waals surface area contributed by atoms with Gasteiger partial charge in [0.05, 0.1) is 16.8 Å². The second-order valence-electron chi connectivity index (χ2n) is 2.87. The van der Waals surface area contributed by atoms with Gasteiger partial charge in [-0.1, -0.05) is 12.1 Å². The maximum atomic E-state index is 8.92. The minimum absolute atomic E-state index is 0.0808. The van der Waals surface area contributed by atoms with E-state index in [0.29, 0.717) is 0 Å². The zero-order valence-electron chi connectivity index (χ0n) is 7.79. The van der Waals surface area contributed by atoms with Crippen LogP contribution >= 0.6 is 22.6 Å². The number of aliphatic hydroxyl groups is 1. The van der Waals surface area contributed by atoms with E-state index in [0.717, 1.165) is 34.0 Å². The van der Waals surface area contributed by atoms with Crippen molar-refractivity contribution >= 4 is 32.8 Å². The van der Waals surface area contributed by atoms with Gasteiger partial charge in [-0.15, -0.1) is 0 Å². The number of hydrogen-bond acceptors (Lipinski definition) is 2. The lowest BCUT2D eigenvalue weighted by Gasteiger charge is -2.08. The van der Waals surface area contributed by atoms with Crippen LogP contribution in [0.25, 0.3) is 0 Å². The SMILES string of the molecule is OCc1ccc(OCCC[Si])c(I)c1. The van der Waals surface area contributed by atoms with Crippen molar-refractivity contribution in [2.24, 2.45) is 0 Å². The zero-order valence-corrected chi connectivity index (χ0v) is 11.0. The van der Waals surface area contributed by atoms with Crippen molar-refractivity contribution < 1.29 is 9.84 Å². The molecule has 0 aliphatic rings. The molecule has 0 saturated heterocycles. The van der Waals surface area contributed by atoms with E-state index >= 15 is 0 Å². The van der Waals surface area contributed by atoms with E-state index in [1.165, 1.54) is 0 Å². The monoisotopic (exact) mass is 319 g/mol. The summed E-state index contributed by atoms with van der Waals surface area (Å²) in [5.74, 6) is 0.892. The van der Waals surface area contributed by atoms with Gasteiger partial charge >= 0.3 is 0 Å². The molecule has 1 aromatic rings. The van der Waals surface area contributed by atoms with Gasteiger partial charge in [-0.05, 0) is 46.7 Å². The Morgan fingerprint density at radius 1 is 1.43 bits per heavy atom. The van der Waals surface area contributed by atoms with E-state index in [-0.39, 0.29) is 6.61 Å². The fourth-order valence-electron chi connectivity index (χ4n) is 1.01. The molecule has 4 heteroatoms. The van der Waals surface area contributed by atoms with E-state index < -0.39 is 0 Å². The van der Waals surface area contributed by atoms with Gasteiger partial charge in [0.25, 0.3) is 0 Å². The summed E-state index contributed by atoms with van der Waals surface area (Å²) in [5.41, 5.74) is 0.918. The molecule has 0 fully saturated rings. The fraction of sp³-hybridized carbons (Fsp3) is 0.400. The molecule has 0 aliphatic heterocycles. The predicted molar refractivity (Wildman–Crippen MR) is 65.8 cm³/mol. The Morgan fingerprint density at radius 2 is 2.21 bits per heavy atom. The predicted octanol–water partition coefficient (Wildman–Crippen LogP) is 2.14. The molecule has 0 aliphatic carbocycles. The van der Waals surface area contributed by atoms with Crippen LogP contribution in [-0.4, -0.2) is 22.0 Å². The van der Waals surface area contributed by atoms with Gasteiger partial charge in [0.2, 0.25) is 0 Å². The second kappa shape index (κ2) is 6.42. The first-order valence-corrected chi connectivity index (χ1v) is 6.23. The number of rotatable bonds is 5. The summed E-state index contributed by atoms with van der Waals surface area (Å²) in [5, 5.41) is 8.92. The van der Waals surface area contributed by atoms with E-state index in [4.69, 9.17) is 9.84 Å². The van der Waals surface area contributed by atoms with Crippen molar-refractivity contribution in [1.29, 1.82) is 0 Å². The second-order valence-corrected chi connectivity index (χ2v) is 4.54. The van der Waals surface area contributed by atoms with Gasteiger partial charge in [0, 0.05) is 10.2 Å². The van der Waals surface area contributed by atoms with Crippen LogP contribution < -0.4 is 4.74 Å². The molecule has 0 saturated carbocycles. The molecule has 2 nitrogen and oxygen atoms in total. The van der Waals surface area contributed by atoms with Crippen LogP contribution in [0.5, 0.6) is 5.75 Å². The molecule has 3 radical (unpaired) electrons. The third-order valence-corrected chi connectivity index (χ3v) is 2.95. The highest BCUT2D eigenvalue weighted by Crippen LogP contribution is 2.22. The molecule has 1 N–H and O–H groups in total. The summed E-state index contributed by atoms with van der Waals surface area (Å²) in [4.78, 5) is 0. The fourth-order valence-corrected chi connectivity index (χ4v) is 1.89. The molecule has 0 heterocycles. The van der Waals surface area contributed by atoms with Crippen LogP contribution in [0, 0.1) is 3.57 Å². The lowest BCUT2D eigenvalue weighted by molar-refractivity contribution is 0.281. The molecule has 0 unspecified atom stereocenters. The van der Waals surface area contributed by atoms with Crippen molar-refractivity contribution in [1.82, 2.24) is 0 Å². The maximum Gasteiger partial charge on any atom is 0.132 e. The lowest BCUT2D eigenvalue weighted by atomic mass is 10.2. The molecular weight excluding hydrogens is 307 g/mol. The standard InChI is InChI=1S/C10H12IO2Si/c11-9-6-8(7-12)2-3-10(9)13-4-1-5-14/h2-3,6,12H,1,4-5,7H2. The average molecular weight is 319 g/mol. The molecule has 0 aromatic heterocycles. The Kier molecular flexibility index (Phi) is 5.50. The third-order valence-electron chi connectivity index (χ3n) is 1.76. The first kappa shape index (κ1) is 12.0. The first-order valence-electron chi connectivity index (χ1n) is 4.44. The van der Waals surface area contributed by atoms with Crippen LogP contribution in [-0.2, 0) is 6.61 Å². The summed E-state index contributed by atoms with van der Waals surface area (Å²) in [6.07, 6.45) is 0.995. The highest BCUT2D eigenvalue weighted by molar-refractivity contribution is 14.1. The highest BCUT2D eigenvalue weighted by Gasteiger charge is 2.01. The van der Waals surface area contributed by atoms with Crippen molar-refractivity contribution in [2.75, 3.05) is 6.61 Å². The van der Waals surface area contributed by atoms with Crippen LogP contribution in [0.3, 0.4) is 0 Å². The van der Waals surface area contributed by atoms with E-state index in [2.05, 4.69) is 32.8 Å². The Bertz CT molecular complexity index is 291. The van der Waals surface area contributed by atoms with Crippen LogP contribution in [0.1, 0.15) is 12.0 Å². The molecule has 75 valence electrons. The zero-order chi connectivity index (χ0) is 10.4. The molecule has 1 rings (SSSR count). The number of benzene rings is 1. The van der Waals surface area contributed by atoms with E-state index in [9.17, 15) is 0 Å². The van der Waals surface area contributed by atoms with Gasteiger partial charge in [0.1, 0.15) is 5.75 Å². The van der Waals surface area contributed by atoms with Gasteiger partial charge < -0.3 is 9.84 Å². The quantitative estimate of drug-likeness (QED) is 0.512. The third kappa shape index (κ3) is 3.59. The first-order chi connectivity index (χ1) is 6.77. The number of halogens is 1. The normalized spacial score (nSPS) is 10.2. The Balaban J connectivity index is 2.59. The lowest BCUT2D eigenvalue weighted by Crippen LogP contribution is -1.99. The number of hydrogen-bond donors (Lipinski definition) is 1. The van der Waals surface area contributed by atoms with Crippen LogP contribution in [0.15, 0.2) is 18.2 Å². The minimum Gasteiger partial charge on any atom is -0.492 e. The number of aliphatic hydroxyl groups excluding tert-OH is 1. The summed E-state index contributed by atoms with van der Waals surface area (Å²) in [7, 11) is 3.39. The molecule has 0 bridgehead atoms. The van der Waals surface area contributed by atoms with Crippen molar-refractivity contribution in [3.05, 3.63) is 27.3 Å². The number of ether oxygens (including phenoxy) is 1. The van der Waals surface area contributed by atoms with Crippen molar-refractivity contribution in [2.45, 2.75) is 19.1 Å². The summed E-state index contributed by atoms with van der Waals surface area (Å²) < 4.78 is 6.60. The smallest absolute Gasteiger partial charge is 0.132 e. The Labute approximate surface area is 101 Å². The Hall–Kier alpha value is -0.0731. The summed E-state index contributed by atoms with van der Waals surface area (Å²) in [6, 6.07) is 6.67. The van der Waals surface area contributed by atoms with Crippen LogP contribution in [0.4, 0.5) is 0 Å². The van der Waals surface area contributed by atoms with Gasteiger partial charge in [0.15, 0.2) is 0 Å². The van der Waals surface area contributed by atoms with Crippen molar-refractivity contribution in [3.8, 4) is 5.75 Å².